The second-order valence-electron chi connectivity index (χ2n) is 4.59. The van der Waals surface area contributed by atoms with Crippen molar-refractivity contribution in [1.82, 2.24) is 4.98 Å². The van der Waals surface area contributed by atoms with Gasteiger partial charge in [-0.1, -0.05) is 21.9 Å². The van der Waals surface area contributed by atoms with Gasteiger partial charge in [-0.2, -0.15) is 13.2 Å². The van der Waals surface area contributed by atoms with E-state index >= 15 is 0 Å². The zero-order valence-electron chi connectivity index (χ0n) is 11.4. The second kappa shape index (κ2) is 6.39. The molecule has 1 aromatic rings. The van der Waals surface area contributed by atoms with Gasteiger partial charge in [-0.15, -0.1) is 0 Å². The Hall–Kier alpha value is -2.03. The van der Waals surface area contributed by atoms with Gasteiger partial charge in [0, 0.05) is 12.6 Å². The molecule has 0 radical (unpaired) electrons. The van der Waals surface area contributed by atoms with Crippen molar-refractivity contribution >= 4 is 28.8 Å². The Kier molecular flexibility index (Phi) is 4.74. The van der Waals surface area contributed by atoms with Crippen molar-refractivity contribution in [3.05, 3.63) is 22.8 Å². The zero-order valence-corrected chi connectivity index (χ0v) is 12.1. The Morgan fingerprint density at radius 1 is 1.59 bits per heavy atom. The molecule has 0 aliphatic carbocycles. The molecule has 1 aliphatic heterocycles. The monoisotopic (exact) mass is 336 g/mol. The molecule has 0 aromatic carbocycles. The zero-order chi connectivity index (χ0) is 16.3. The summed E-state index contributed by atoms with van der Waals surface area (Å²) >= 11 is 5.78. The van der Waals surface area contributed by atoms with Gasteiger partial charge < -0.3 is 15.4 Å². The number of aromatic nitrogens is 1. The number of hydrogen-bond donors (Lipinski definition) is 2. The van der Waals surface area contributed by atoms with Gasteiger partial charge in [-0.3, -0.25) is 0 Å². The Morgan fingerprint density at radius 2 is 2.32 bits per heavy atom. The van der Waals surface area contributed by atoms with Crippen LogP contribution in [-0.2, 0) is 11.0 Å². The van der Waals surface area contributed by atoms with Gasteiger partial charge in [0.15, 0.2) is 0 Å². The fraction of sp³-hybridized carbons (Fsp3) is 0.417. The van der Waals surface area contributed by atoms with Crippen molar-refractivity contribution in [3.8, 4) is 0 Å². The van der Waals surface area contributed by atoms with E-state index < -0.39 is 11.7 Å². The molecule has 1 atom stereocenters. The summed E-state index contributed by atoms with van der Waals surface area (Å²) in [7, 11) is 0. The molecule has 120 valence electrons. The van der Waals surface area contributed by atoms with E-state index in [1.807, 2.05) is 0 Å². The van der Waals surface area contributed by atoms with Crippen LogP contribution in [0.2, 0.25) is 5.02 Å². The summed E-state index contributed by atoms with van der Waals surface area (Å²) in [6.07, 6.45) is -3.74. The maximum Gasteiger partial charge on any atom is 0.417 e. The summed E-state index contributed by atoms with van der Waals surface area (Å²) in [6.45, 7) is 1.82. The number of alkyl halides is 3. The number of halogens is 4. The van der Waals surface area contributed by atoms with Crippen LogP contribution >= 0.6 is 11.6 Å². The van der Waals surface area contributed by atoms with Gasteiger partial charge in [0.2, 0.25) is 0 Å². The lowest BCUT2D eigenvalue weighted by atomic mass is 10.1. The van der Waals surface area contributed by atoms with Crippen LogP contribution in [-0.4, -0.2) is 34.3 Å². The first-order chi connectivity index (χ1) is 10.3. The van der Waals surface area contributed by atoms with E-state index in [4.69, 9.17) is 21.6 Å². The molecule has 2 heterocycles. The predicted molar refractivity (Wildman–Crippen MR) is 74.6 cm³/mol. The van der Waals surface area contributed by atoms with Crippen LogP contribution in [0.4, 0.5) is 19.0 Å². The molecule has 0 amide bonds. The summed E-state index contributed by atoms with van der Waals surface area (Å²) in [5, 5.41) is 18.1. The Balaban J connectivity index is 1.94. The standard InChI is InChI=1S/C12H12ClF3N4O2/c1-6(19-21)10-3-8(22-20-10)5-18-11-9(13)2-7(4-17-11)12(14,15)16/h2,4,8,21H,3,5H2,1H3,(H,17,18)/b19-6-/t8-/m1/s1. The van der Waals surface area contributed by atoms with Crippen LogP contribution in [0.15, 0.2) is 22.6 Å². The molecule has 1 aromatic heterocycles. The molecule has 22 heavy (non-hydrogen) atoms. The molecule has 1 aliphatic rings. The minimum Gasteiger partial charge on any atom is -0.411 e. The highest BCUT2D eigenvalue weighted by atomic mass is 35.5. The van der Waals surface area contributed by atoms with E-state index in [-0.39, 0.29) is 23.5 Å². The normalized spacial score (nSPS) is 18.9. The number of pyridine rings is 1. The average molecular weight is 337 g/mol. The maximum absolute atomic E-state index is 12.5. The molecular formula is C12H12ClF3N4O2. The quantitative estimate of drug-likeness (QED) is 0.503. The molecular weight excluding hydrogens is 325 g/mol. The average Bonchev–Trinajstić information content (AvgIpc) is 2.93. The smallest absolute Gasteiger partial charge is 0.411 e. The lowest BCUT2D eigenvalue weighted by Crippen LogP contribution is -2.22. The number of anilines is 1. The topological polar surface area (TPSA) is 79.1 Å². The Morgan fingerprint density at radius 3 is 2.91 bits per heavy atom. The molecule has 0 bridgehead atoms. The lowest BCUT2D eigenvalue weighted by Gasteiger charge is -2.13. The number of rotatable bonds is 4. The molecule has 0 saturated heterocycles. The van der Waals surface area contributed by atoms with Crippen LogP contribution in [0, 0.1) is 0 Å². The minimum atomic E-state index is -4.49. The highest BCUT2D eigenvalue weighted by Gasteiger charge is 2.31. The third kappa shape index (κ3) is 3.79. The summed E-state index contributed by atoms with van der Waals surface area (Å²) in [4.78, 5) is 8.77. The molecule has 6 nitrogen and oxygen atoms in total. The SMILES string of the molecule is C/C(=N/O)C1=NO[C@@H](CNc2ncc(C(F)(F)F)cc2Cl)C1. The molecule has 0 unspecified atom stereocenters. The fourth-order valence-corrected chi connectivity index (χ4v) is 1.98. The maximum atomic E-state index is 12.5. The van der Waals surface area contributed by atoms with Gasteiger partial charge in [0.05, 0.1) is 17.1 Å². The second-order valence-corrected chi connectivity index (χ2v) is 5.00. The molecule has 2 N–H and O–H groups in total. The first-order valence-corrected chi connectivity index (χ1v) is 6.57. The third-order valence-corrected chi connectivity index (χ3v) is 3.25. The summed E-state index contributed by atoms with van der Waals surface area (Å²) in [6, 6.07) is 0.802. The Bertz CT molecular complexity index is 619. The van der Waals surface area contributed by atoms with E-state index in [9.17, 15) is 13.2 Å². The number of hydrogen-bond acceptors (Lipinski definition) is 6. The minimum absolute atomic E-state index is 0.124. The van der Waals surface area contributed by atoms with E-state index in [0.717, 1.165) is 6.07 Å². The van der Waals surface area contributed by atoms with Gasteiger partial charge in [-0.05, 0) is 13.0 Å². The van der Waals surface area contributed by atoms with Crippen molar-refractivity contribution < 1.29 is 23.2 Å². The van der Waals surface area contributed by atoms with Crippen LogP contribution in [0.25, 0.3) is 0 Å². The van der Waals surface area contributed by atoms with Gasteiger partial charge in [-0.25, -0.2) is 4.98 Å². The van der Waals surface area contributed by atoms with Crippen molar-refractivity contribution in [2.75, 3.05) is 11.9 Å². The van der Waals surface area contributed by atoms with Crippen molar-refractivity contribution in [2.45, 2.75) is 25.6 Å². The number of oxime groups is 2. The highest BCUT2D eigenvalue weighted by Crippen LogP contribution is 2.32. The van der Waals surface area contributed by atoms with E-state index in [2.05, 4.69) is 20.6 Å². The number of nitrogens with zero attached hydrogens (tertiary/aromatic N) is 3. The van der Waals surface area contributed by atoms with Crippen LogP contribution in [0.3, 0.4) is 0 Å². The third-order valence-electron chi connectivity index (χ3n) is 2.97. The lowest BCUT2D eigenvalue weighted by molar-refractivity contribution is -0.137. The first kappa shape index (κ1) is 16.3. The van der Waals surface area contributed by atoms with E-state index in [1.165, 1.54) is 0 Å². The van der Waals surface area contributed by atoms with Crippen molar-refractivity contribution in [1.29, 1.82) is 0 Å². The molecule has 0 fully saturated rings. The molecule has 0 spiro atoms. The Labute approximate surface area is 128 Å². The number of nitrogens with one attached hydrogen (secondary N) is 1. The summed E-state index contributed by atoms with van der Waals surface area (Å²) in [5.74, 6) is 0.124. The van der Waals surface area contributed by atoms with Crippen molar-refractivity contribution in [3.63, 3.8) is 0 Å². The van der Waals surface area contributed by atoms with Crippen LogP contribution < -0.4 is 5.32 Å². The van der Waals surface area contributed by atoms with Crippen molar-refractivity contribution in [2.24, 2.45) is 10.3 Å². The largest absolute Gasteiger partial charge is 0.417 e. The highest BCUT2D eigenvalue weighted by molar-refractivity contribution is 6.41. The molecule has 10 heteroatoms. The predicted octanol–water partition coefficient (Wildman–Crippen LogP) is 3.16. The van der Waals surface area contributed by atoms with Gasteiger partial charge >= 0.3 is 6.18 Å². The van der Waals surface area contributed by atoms with Crippen LogP contribution in [0.5, 0.6) is 0 Å². The van der Waals surface area contributed by atoms with Crippen LogP contribution in [0.1, 0.15) is 18.9 Å². The fourth-order valence-electron chi connectivity index (χ4n) is 1.74. The molecule has 2 rings (SSSR count). The summed E-state index contributed by atoms with van der Waals surface area (Å²) in [5.41, 5.74) is -0.0745. The van der Waals surface area contributed by atoms with Gasteiger partial charge in [0.1, 0.15) is 23.3 Å². The van der Waals surface area contributed by atoms with Gasteiger partial charge in [0.25, 0.3) is 0 Å². The molecule has 0 saturated carbocycles. The first-order valence-electron chi connectivity index (χ1n) is 6.19. The summed E-state index contributed by atoms with van der Waals surface area (Å²) < 4.78 is 37.5. The van der Waals surface area contributed by atoms with E-state index in [1.54, 1.807) is 6.92 Å². The van der Waals surface area contributed by atoms with E-state index in [0.29, 0.717) is 24.0 Å².